The Hall–Kier alpha value is -2.18. The molecule has 3 rings (SSSR count). The second kappa shape index (κ2) is 8.47. The van der Waals surface area contributed by atoms with Crippen LogP contribution in [0.3, 0.4) is 0 Å². The van der Waals surface area contributed by atoms with Crippen LogP contribution < -0.4 is 10.2 Å². The van der Waals surface area contributed by atoms with Gasteiger partial charge >= 0.3 is 0 Å². The van der Waals surface area contributed by atoms with Crippen LogP contribution >= 0.6 is 0 Å². The van der Waals surface area contributed by atoms with Gasteiger partial charge in [-0.15, -0.1) is 0 Å². The molecule has 1 aliphatic heterocycles. The first kappa shape index (κ1) is 18.6. The molecule has 0 unspecified atom stereocenters. The van der Waals surface area contributed by atoms with Crippen molar-refractivity contribution in [3.8, 4) is 0 Å². The van der Waals surface area contributed by atoms with Crippen LogP contribution in [-0.2, 0) is 16.0 Å². The molecule has 1 saturated heterocycles. The Labute approximate surface area is 155 Å². The molecule has 0 spiro atoms. The molecule has 0 saturated carbocycles. The van der Waals surface area contributed by atoms with Crippen LogP contribution in [0.4, 0.5) is 5.95 Å². The van der Waals surface area contributed by atoms with Crippen LogP contribution in [0, 0.1) is 0 Å². The molecular weight excluding hydrogens is 330 g/mol. The van der Waals surface area contributed by atoms with Crippen molar-refractivity contribution in [2.45, 2.75) is 57.4 Å². The number of anilines is 1. The molecular formula is C19H29N5O2. The summed E-state index contributed by atoms with van der Waals surface area (Å²) in [5.41, 5.74) is 2.06. The summed E-state index contributed by atoms with van der Waals surface area (Å²) in [6.07, 6.45) is 8.76. The number of hydrogen-bond acceptors (Lipinski definition) is 5. The van der Waals surface area contributed by atoms with Crippen LogP contribution in [0.15, 0.2) is 6.20 Å². The first-order valence-electron chi connectivity index (χ1n) is 9.65. The van der Waals surface area contributed by atoms with E-state index in [-0.39, 0.29) is 17.9 Å². The summed E-state index contributed by atoms with van der Waals surface area (Å²) in [5, 5.41) is 3.12. The molecule has 2 aliphatic rings. The average molecular weight is 359 g/mol. The first-order chi connectivity index (χ1) is 12.5. The summed E-state index contributed by atoms with van der Waals surface area (Å²) in [7, 11) is 3.85. The highest BCUT2D eigenvalue weighted by molar-refractivity contribution is 5.79. The molecule has 1 aromatic heterocycles. The number of hydrogen-bond donors (Lipinski definition) is 1. The lowest BCUT2D eigenvalue weighted by atomic mass is 9.92. The van der Waals surface area contributed by atoms with Crippen molar-refractivity contribution >= 4 is 17.8 Å². The largest absolute Gasteiger partial charge is 0.349 e. The van der Waals surface area contributed by atoms with Gasteiger partial charge in [0, 0.05) is 51.8 Å². The van der Waals surface area contributed by atoms with Crippen molar-refractivity contribution in [3.63, 3.8) is 0 Å². The number of amides is 2. The number of aromatic nitrogens is 2. The zero-order valence-corrected chi connectivity index (χ0v) is 15.8. The van der Waals surface area contributed by atoms with E-state index >= 15 is 0 Å². The molecule has 1 N–H and O–H groups in total. The number of rotatable bonds is 5. The van der Waals surface area contributed by atoms with Crippen molar-refractivity contribution in [1.82, 2.24) is 20.2 Å². The van der Waals surface area contributed by atoms with Crippen molar-refractivity contribution in [2.75, 3.05) is 32.1 Å². The number of fused-ring (bicyclic) bond motifs is 1. The Bertz CT molecular complexity index is 661. The molecule has 26 heavy (non-hydrogen) atoms. The fourth-order valence-corrected chi connectivity index (χ4v) is 3.68. The predicted molar refractivity (Wildman–Crippen MR) is 99.8 cm³/mol. The summed E-state index contributed by atoms with van der Waals surface area (Å²) in [6, 6.07) is -0.0257. The van der Waals surface area contributed by atoms with Gasteiger partial charge in [0.2, 0.25) is 17.8 Å². The third-order valence-corrected chi connectivity index (χ3v) is 5.18. The summed E-state index contributed by atoms with van der Waals surface area (Å²) in [6.45, 7) is 1.29. The molecule has 1 aliphatic carbocycles. The van der Waals surface area contributed by atoms with Crippen molar-refractivity contribution < 1.29 is 9.59 Å². The van der Waals surface area contributed by atoms with Crippen LogP contribution in [0.1, 0.15) is 62.2 Å². The maximum Gasteiger partial charge on any atom is 0.225 e. The molecule has 142 valence electrons. The van der Waals surface area contributed by atoms with Crippen molar-refractivity contribution in [3.05, 3.63) is 17.5 Å². The van der Waals surface area contributed by atoms with Gasteiger partial charge in [0.25, 0.3) is 0 Å². The first-order valence-corrected chi connectivity index (χ1v) is 9.65. The average Bonchev–Trinajstić information content (AvgIpc) is 2.84. The quantitative estimate of drug-likeness (QED) is 0.868. The molecule has 0 aromatic carbocycles. The molecule has 7 heteroatoms. The summed E-state index contributed by atoms with van der Waals surface area (Å²) in [4.78, 5) is 37.2. The highest BCUT2D eigenvalue weighted by atomic mass is 16.2. The van der Waals surface area contributed by atoms with E-state index in [0.29, 0.717) is 25.3 Å². The Morgan fingerprint density at radius 3 is 2.92 bits per heavy atom. The Morgan fingerprint density at radius 2 is 2.12 bits per heavy atom. The van der Waals surface area contributed by atoms with E-state index in [4.69, 9.17) is 0 Å². The van der Waals surface area contributed by atoms with E-state index in [1.807, 2.05) is 30.1 Å². The fourth-order valence-electron chi connectivity index (χ4n) is 3.68. The summed E-state index contributed by atoms with van der Waals surface area (Å²) < 4.78 is 0. The van der Waals surface area contributed by atoms with E-state index < -0.39 is 0 Å². The normalized spacial score (nSPS) is 20.3. The molecule has 1 fully saturated rings. The summed E-state index contributed by atoms with van der Waals surface area (Å²) >= 11 is 0. The molecule has 7 nitrogen and oxygen atoms in total. The molecule has 1 atom stereocenters. The van der Waals surface area contributed by atoms with Gasteiger partial charge in [-0.05, 0) is 32.1 Å². The maximum absolute atomic E-state index is 12.4. The lowest BCUT2D eigenvalue weighted by Crippen LogP contribution is -2.36. The van der Waals surface area contributed by atoms with Gasteiger partial charge in [-0.25, -0.2) is 9.97 Å². The van der Waals surface area contributed by atoms with Crippen molar-refractivity contribution in [2.24, 2.45) is 0 Å². The summed E-state index contributed by atoms with van der Waals surface area (Å²) in [5.74, 6) is 0.884. The predicted octanol–water partition coefficient (Wildman–Crippen LogP) is 1.83. The molecule has 2 heterocycles. The fraction of sp³-hybridized carbons (Fsp3) is 0.684. The van der Waals surface area contributed by atoms with Gasteiger partial charge in [-0.1, -0.05) is 6.42 Å². The minimum atomic E-state index is -0.0257. The van der Waals surface area contributed by atoms with Gasteiger partial charge in [-0.2, -0.15) is 0 Å². The zero-order valence-electron chi connectivity index (χ0n) is 15.8. The van der Waals surface area contributed by atoms with Crippen LogP contribution in [0.25, 0.3) is 0 Å². The van der Waals surface area contributed by atoms with Gasteiger partial charge in [0.05, 0.1) is 11.7 Å². The smallest absolute Gasteiger partial charge is 0.225 e. The second-order valence-electron chi connectivity index (χ2n) is 7.42. The molecule has 0 bridgehead atoms. The van der Waals surface area contributed by atoms with Crippen LogP contribution in [0.5, 0.6) is 0 Å². The minimum absolute atomic E-state index is 0.00316. The third-order valence-electron chi connectivity index (χ3n) is 5.18. The Balaban J connectivity index is 1.57. The van der Waals surface area contributed by atoms with E-state index in [1.54, 1.807) is 0 Å². The maximum atomic E-state index is 12.4. The van der Waals surface area contributed by atoms with E-state index in [1.165, 1.54) is 0 Å². The van der Waals surface area contributed by atoms with Gasteiger partial charge < -0.3 is 15.1 Å². The number of nitrogens with one attached hydrogen (secondary N) is 1. The van der Waals surface area contributed by atoms with Crippen molar-refractivity contribution in [1.29, 1.82) is 0 Å². The zero-order chi connectivity index (χ0) is 18.5. The Morgan fingerprint density at radius 1 is 1.27 bits per heavy atom. The van der Waals surface area contributed by atoms with Gasteiger partial charge in [0.15, 0.2) is 0 Å². The number of nitrogens with zero attached hydrogens (tertiary/aromatic N) is 4. The number of carbonyl (C=O) groups is 2. The highest BCUT2D eigenvalue weighted by Crippen LogP contribution is 2.29. The topological polar surface area (TPSA) is 78.4 Å². The van der Waals surface area contributed by atoms with Gasteiger partial charge in [0.1, 0.15) is 0 Å². The second-order valence-corrected chi connectivity index (χ2v) is 7.42. The standard InChI is InChI=1S/C19H29N5O2/c1-23(2)19-20-13-14-15(7-6-8-16(14)22-19)21-17(25)10-12-24-11-5-3-4-9-18(24)26/h13,15H,3-12H2,1-2H3,(H,21,25)/t15-/m1/s1. The SMILES string of the molecule is CN(C)c1ncc2c(n1)CCC[C@H]2NC(=O)CCN1CCCCCC1=O. The molecule has 0 radical (unpaired) electrons. The van der Waals surface area contributed by atoms with E-state index in [9.17, 15) is 9.59 Å². The van der Waals surface area contributed by atoms with Crippen LogP contribution in [-0.4, -0.2) is 53.9 Å². The monoisotopic (exact) mass is 359 g/mol. The molecule has 2 amide bonds. The number of aryl methyl sites for hydroxylation is 1. The Kier molecular flexibility index (Phi) is 6.06. The van der Waals surface area contributed by atoms with Gasteiger partial charge in [-0.3, -0.25) is 9.59 Å². The minimum Gasteiger partial charge on any atom is -0.349 e. The third kappa shape index (κ3) is 4.51. The highest BCUT2D eigenvalue weighted by Gasteiger charge is 2.24. The van der Waals surface area contributed by atoms with E-state index in [0.717, 1.165) is 56.3 Å². The van der Waals surface area contributed by atoms with E-state index in [2.05, 4.69) is 15.3 Å². The lowest BCUT2D eigenvalue weighted by molar-refractivity contribution is -0.131. The number of carbonyl (C=O) groups excluding carboxylic acids is 2. The van der Waals surface area contributed by atoms with Crippen LogP contribution in [0.2, 0.25) is 0 Å². The molecule has 1 aromatic rings. The number of likely N-dealkylation sites (tertiary alicyclic amines) is 1. The lowest BCUT2D eigenvalue weighted by Gasteiger charge is -2.27.